The van der Waals surface area contributed by atoms with E-state index < -0.39 is 6.09 Å². The van der Waals surface area contributed by atoms with Crippen LogP contribution in [0.5, 0.6) is 0 Å². The number of aromatic nitrogens is 2. The number of nitrogens with zero attached hydrogens (tertiary/aromatic N) is 2. The van der Waals surface area contributed by atoms with Gasteiger partial charge < -0.3 is 9.84 Å². The highest BCUT2D eigenvalue weighted by atomic mass is 16.5. The molecular weight excluding hydrogens is 174 g/mol. The number of carbonyl (C=O) groups is 1. The summed E-state index contributed by atoms with van der Waals surface area (Å²) in [6.07, 6.45) is 0.127. The summed E-state index contributed by atoms with van der Waals surface area (Å²) in [5, 5.41) is 10.5. The van der Waals surface area contributed by atoms with E-state index in [2.05, 4.69) is 15.3 Å². The minimum Gasteiger partial charge on any atom is -0.465 e. The Morgan fingerprint density at radius 1 is 1.69 bits per heavy atom. The van der Waals surface area contributed by atoms with Gasteiger partial charge in [0.2, 0.25) is 0 Å². The number of rotatable bonds is 3. The van der Waals surface area contributed by atoms with Crippen LogP contribution in [0.4, 0.5) is 10.6 Å². The van der Waals surface area contributed by atoms with Crippen molar-refractivity contribution < 1.29 is 14.6 Å². The molecule has 0 unspecified atom stereocenters. The van der Waals surface area contributed by atoms with Crippen LogP contribution in [-0.4, -0.2) is 28.3 Å². The van der Waals surface area contributed by atoms with Crippen LogP contribution in [-0.2, 0) is 11.3 Å². The molecule has 1 amide bonds. The molecule has 13 heavy (non-hydrogen) atoms. The van der Waals surface area contributed by atoms with Crippen LogP contribution < -0.4 is 5.32 Å². The molecule has 0 radical (unpaired) electrons. The van der Waals surface area contributed by atoms with Crippen molar-refractivity contribution in [3.05, 3.63) is 18.1 Å². The van der Waals surface area contributed by atoms with Crippen molar-refractivity contribution in [2.75, 3.05) is 12.4 Å². The number of hydrogen-bond acceptors (Lipinski definition) is 4. The first-order valence-electron chi connectivity index (χ1n) is 3.52. The summed E-state index contributed by atoms with van der Waals surface area (Å²) < 4.78 is 4.82. The van der Waals surface area contributed by atoms with Crippen molar-refractivity contribution in [2.24, 2.45) is 0 Å². The van der Waals surface area contributed by atoms with Crippen molar-refractivity contribution in [1.29, 1.82) is 0 Å². The summed E-state index contributed by atoms with van der Waals surface area (Å²) in [6.45, 7) is 0.330. The zero-order valence-corrected chi connectivity index (χ0v) is 7.02. The summed E-state index contributed by atoms with van der Waals surface area (Å²) in [6, 6.07) is 1.51. The smallest absolute Gasteiger partial charge is 0.410 e. The highest BCUT2D eigenvalue weighted by Crippen LogP contribution is 2.04. The quantitative estimate of drug-likeness (QED) is 0.721. The summed E-state index contributed by atoms with van der Waals surface area (Å²) in [5.41, 5.74) is 0.626. The lowest BCUT2D eigenvalue weighted by Gasteiger charge is -2.01. The number of carboxylic acid groups (broad SMARTS) is 1. The van der Waals surface area contributed by atoms with Crippen LogP contribution in [0.3, 0.4) is 0 Å². The molecule has 0 aliphatic rings. The number of hydrogen-bond donors (Lipinski definition) is 2. The molecule has 0 aliphatic heterocycles. The molecule has 1 aromatic heterocycles. The van der Waals surface area contributed by atoms with E-state index in [1.807, 2.05) is 0 Å². The molecule has 0 bridgehead atoms. The minimum absolute atomic E-state index is 0.245. The van der Waals surface area contributed by atoms with E-state index in [-0.39, 0.29) is 5.82 Å². The maximum atomic E-state index is 10.2. The second-order valence-corrected chi connectivity index (χ2v) is 2.26. The van der Waals surface area contributed by atoms with E-state index in [9.17, 15) is 4.79 Å². The Balaban J connectivity index is 2.73. The van der Waals surface area contributed by atoms with Gasteiger partial charge in [-0.2, -0.15) is 0 Å². The van der Waals surface area contributed by atoms with Gasteiger partial charge in [-0.3, -0.25) is 5.32 Å². The molecule has 0 aliphatic carbocycles. The van der Waals surface area contributed by atoms with Gasteiger partial charge in [-0.1, -0.05) is 0 Å². The Morgan fingerprint density at radius 3 is 3.08 bits per heavy atom. The fourth-order valence-electron chi connectivity index (χ4n) is 0.802. The first kappa shape index (κ1) is 9.40. The third-order valence-electron chi connectivity index (χ3n) is 1.25. The Hall–Kier alpha value is -1.69. The van der Waals surface area contributed by atoms with Gasteiger partial charge in [0, 0.05) is 13.2 Å². The van der Waals surface area contributed by atoms with Gasteiger partial charge in [0.15, 0.2) is 0 Å². The molecule has 70 valence electrons. The minimum atomic E-state index is -1.15. The van der Waals surface area contributed by atoms with Crippen molar-refractivity contribution in [2.45, 2.75) is 6.61 Å². The van der Waals surface area contributed by atoms with E-state index in [0.717, 1.165) is 0 Å². The van der Waals surface area contributed by atoms with Gasteiger partial charge in [0.1, 0.15) is 12.1 Å². The zero-order valence-electron chi connectivity index (χ0n) is 7.02. The number of amides is 1. The molecule has 0 aromatic carbocycles. The van der Waals surface area contributed by atoms with Crippen LogP contribution in [0.15, 0.2) is 12.4 Å². The van der Waals surface area contributed by atoms with Gasteiger partial charge in [-0.15, -0.1) is 0 Å². The number of ether oxygens (including phenoxy) is 1. The first-order chi connectivity index (χ1) is 6.22. The Bertz CT molecular complexity index is 303. The molecule has 0 saturated carbocycles. The van der Waals surface area contributed by atoms with Crippen LogP contribution in [0.25, 0.3) is 0 Å². The van der Waals surface area contributed by atoms with Crippen LogP contribution >= 0.6 is 0 Å². The second kappa shape index (κ2) is 4.36. The summed E-state index contributed by atoms with van der Waals surface area (Å²) >= 11 is 0. The Labute approximate surface area is 74.6 Å². The topological polar surface area (TPSA) is 84.3 Å². The van der Waals surface area contributed by atoms with Crippen molar-refractivity contribution in [3.63, 3.8) is 0 Å². The Kier molecular flexibility index (Phi) is 3.15. The van der Waals surface area contributed by atoms with E-state index in [1.165, 1.54) is 19.5 Å². The summed E-state index contributed by atoms with van der Waals surface area (Å²) in [5.74, 6) is 0.245. The number of anilines is 1. The van der Waals surface area contributed by atoms with E-state index >= 15 is 0 Å². The second-order valence-electron chi connectivity index (χ2n) is 2.26. The Morgan fingerprint density at radius 2 is 2.46 bits per heavy atom. The lowest BCUT2D eigenvalue weighted by atomic mass is 10.4. The first-order valence-corrected chi connectivity index (χ1v) is 3.52. The molecular formula is C7H9N3O3. The van der Waals surface area contributed by atoms with Crippen LogP contribution in [0.2, 0.25) is 0 Å². The molecule has 6 nitrogen and oxygen atoms in total. The van der Waals surface area contributed by atoms with E-state index in [0.29, 0.717) is 12.3 Å². The van der Waals surface area contributed by atoms with Crippen LogP contribution in [0.1, 0.15) is 5.69 Å². The third-order valence-corrected chi connectivity index (χ3v) is 1.25. The standard InChI is InChI=1S/C7H9N3O3/c1-13-3-5-2-6(9-4-8-5)10-7(11)12/h2,4H,3H2,1H3,(H,11,12)(H,8,9,10). The van der Waals surface area contributed by atoms with Gasteiger partial charge >= 0.3 is 6.09 Å². The lowest BCUT2D eigenvalue weighted by Crippen LogP contribution is -2.09. The normalized spacial score (nSPS) is 9.62. The predicted molar refractivity (Wildman–Crippen MR) is 44.4 cm³/mol. The van der Waals surface area contributed by atoms with Crippen LogP contribution in [0, 0.1) is 0 Å². The average Bonchev–Trinajstić information content (AvgIpc) is 2.04. The number of methoxy groups -OCH3 is 1. The fraction of sp³-hybridized carbons (Fsp3) is 0.286. The maximum absolute atomic E-state index is 10.2. The molecule has 1 rings (SSSR count). The monoisotopic (exact) mass is 183 g/mol. The van der Waals surface area contributed by atoms with Gasteiger partial charge in [0.05, 0.1) is 12.3 Å². The molecule has 0 fully saturated rings. The average molecular weight is 183 g/mol. The predicted octanol–water partition coefficient (Wildman–Crippen LogP) is 0.713. The SMILES string of the molecule is COCc1cc(NC(=O)O)ncn1. The number of nitrogens with one attached hydrogen (secondary N) is 1. The zero-order chi connectivity index (χ0) is 9.68. The largest absolute Gasteiger partial charge is 0.465 e. The van der Waals surface area contributed by atoms with E-state index in [1.54, 1.807) is 0 Å². The lowest BCUT2D eigenvalue weighted by molar-refractivity contribution is 0.181. The fourth-order valence-corrected chi connectivity index (χ4v) is 0.802. The molecule has 1 aromatic rings. The van der Waals surface area contributed by atoms with E-state index in [4.69, 9.17) is 9.84 Å². The summed E-state index contributed by atoms with van der Waals surface area (Å²) in [4.78, 5) is 17.8. The maximum Gasteiger partial charge on any atom is 0.410 e. The highest BCUT2D eigenvalue weighted by Gasteiger charge is 2.00. The highest BCUT2D eigenvalue weighted by molar-refractivity contribution is 5.81. The summed E-state index contributed by atoms with van der Waals surface area (Å²) in [7, 11) is 1.53. The molecule has 0 spiro atoms. The van der Waals surface area contributed by atoms with Gasteiger partial charge in [-0.25, -0.2) is 14.8 Å². The molecule has 6 heteroatoms. The molecule has 0 saturated heterocycles. The van der Waals surface area contributed by atoms with Crippen molar-refractivity contribution >= 4 is 11.9 Å². The molecule has 1 heterocycles. The molecule has 0 atom stereocenters. The van der Waals surface area contributed by atoms with Crippen molar-refractivity contribution in [3.8, 4) is 0 Å². The van der Waals surface area contributed by atoms with Crippen molar-refractivity contribution in [1.82, 2.24) is 9.97 Å². The van der Waals surface area contributed by atoms with Gasteiger partial charge in [0.25, 0.3) is 0 Å². The third kappa shape index (κ3) is 3.04. The molecule has 2 N–H and O–H groups in total. The van der Waals surface area contributed by atoms with Gasteiger partial charge in [-0.05, 0) is 0 Å².